The zero-order valence-corrected chi connectivity index (χ0v) is 15.2. The highest BCUT2D eigenvalue weighted by atomic mass is 16.5. The molecule has 0 aliphatic rings. The highest BCUT2D eigenvalue weighted by Gasteiger charge is 2.18. The molecule has 0 saturated heterocycles. The number of rotatable bonds is 7. The fourth-order valence-corrected chi connectivity index (χ4v) is 2.54. The molecule has 2 aromatic rings. The minimum atomic E-state index is -0.0892. The molecule has 0 saturated carbocycles. The highest BCUT2D eigenvalue weighted by Crippen LogP contribution is 2.28. The van der Waals surface area contributed by atoms with Crippen molar-refractivity contribution in [3.05, 3.63) is 65.7 Å². The molecule has 0 bridgehead atoms. The van der Waals surface area contributed by atoms with Gasteiger partial charge in [0.15, 0.2) is 0 Å². The van der Waals surface area contributed by atoms with Gasteiger partial charge in [0.2, 0.25) is 5.91 Å². The quantitative estimate of drug-likeness (QED) is 0.705. The molecule has 0 N–H and O–H groups in total. The van der Waals surface area contributed by atoms with Crippen LogP contribution in [0.25, 0.3) is 6.08 Å². The predicted octanol–water partition coefficient (Wildman–Crippen LogP) is 4.33. The Morgan fingerprint density at radius 2 is 1.84 bits per heavy atom. The van der Waals surface area contributed by atoms with Crippen LogP contribution in [-0.4, -0.2) is 31.6 Å². The van der Waals surface area contributed by atoms with Gasteiger partial charge in [-0.3, -0.25) is 4.79 Å². The second kappa shape index (κ2) is 8.92. The molecule has 4 nitrogen and oxygen atoms in total. The summed E-state index contributed by atoms with van der Waals surface area (Å²) >= 11 is 0. The van der Waals surface area contributed by atoms with Crippen molar-refractivity contribution in [2.75, 3.05) is 20.8 Å². The number of methoxy groups -OCH3 is 1. The fourth-order valence-electron chi connectivity index (χ4n) is 2.54. The largest absolute Gasteiger partial charge is 0.496 e. The van der Waals surface area contributed by atoms with Crippen molar-refractivity contribution in [1.82, 2.24) is 4.90 Å². The highest BCUT2D eigenvalue weighted by molar-refractivity contribution is 5.91. The number of para-hydroxylation sites is 1. The summed E-state index contributed by atoms with van der Waals surface area (Å²) in [4.78, 5) is 14.2. The van der Waals surface area contributed by atoms with Gasteiger partial charge in [-0.15, -0.1) is 0 Å². The normalized spacial score (nSPS) is 12.0. The Kier molecular flexibility index (Phi) is 6.63. The van der Waals surface area contributed by atoms with E-state index in [4.69, 9.17) is 9.47 Å². The van der Waals surface area contributed by atoms with E-state index in [9.17, 15) is 4.79 Å². The van der Waals surface area contributed by atoms with Gasteiger partial charge in [0.05, 0.1) is 19.8 Å². The smallest absolute Gasteiger partial charge is 0.246 e. The molecule has 1 atom stereocenters. The summed E-state index contributed by atoms with van der Waals surface area (Å²) in [6, 6.07) is 15.3. The first-order valence-electron chi connectivity index (χ1n) is 8.37. The molecule has 1 unspecified atom stereocenters. The van der Waals surface area contributed by atoms with Gasteiger partial charge in [0.1, 0.15) is 11.5 Å². The van der Waals surface area contributed by atoms with Crippen molar-refractivity contribution in [1.29, 1.82) is 0 Å². The maximum atomic E-state index is 12.5. The zero-order valence-electron chi connectivity index (χ0n) is 15.2. The molecule has 25 heavy (non-hydrogen) atoms. The fraction of sp³-hybridized carbons (Fsp3) is 0.286. The van der Waals surface area contributed by atoms with E-state index in [1.54, 1.807) is 25.1 Å². The first-order chi connectivity index (χ1) is 12.1. The number of hydrogen-bond donors (Lipinski definition) is 0. The van der Waals surface area contributed by atoms with E-state index >= 15 is 0 Å². The molecule has 0 aliphatic heterocycles. The second-order valence-corrected chi connectivity index (χ2v) is 5.70. The summed E-state index contributed by atoms with van der Waals surface area (Å²) < 4.78 is 10.8. The third kappa shape index (κ3) is 4.86. The molecule has 0 fully saturated rings. The number of ether oxygens (including phenoxy) is 2. The van der Waals surface area contributed by atoms with Crippen molar-refractivity contribution >= 4 is 12.0 Å². The number of carbonyl (C=O) groups excluding carboxylic acids is 1. The molecule has 1 amide bonds. The first kappa shape index (κ1) is 18.6. The van der Waals surface area contributed by atoms with E-state index in [-0.39, 0.29) is 11.9 Å². The maximum absolute atomic E-state index is 12.5. The summed E-state index contributed by atoms with van der Waals surface area (Å²) in [6.07, 6.45) is 3.39. The van der Waals surface area contributed by atoms with Gasteiger partial charge in [-0.2, -0.15) is 0 Å². The molecule has 0 aliphatic carbocycles. The first-order valence-corrected chi connectivity index (χ1v) is 8.37. The lowest BCUT2D eigenvalue weighted by molar-refractivity contribution is -0.126. The standard InChI is InChI=1S/C21H25NO3/c1-5-25-18-13-10-17(11-14-18)12-15-21(23)22(3)16(2)19-8-6-7-9-20(19)24-4/h6-16H,5H2,1-4H3. The predicted molar refractivity (Wildman–Crippen MR) is 101 cm³/mol. The second-order valence-electron chi connectivity index (χ2n) is 5.70. The summed E-state index contributed by atoms with van der Waals surface area (Å²) in [5.41, 5.74) is 1.94. The SMILES string of the molecule is CCOc1ccc(C=CC(=O)N(C)C(C)c2ccccc2OC)cc1. The summed E-state index contributed by atoms with van der Waals surface area (Å²) in [5.74, 6) is 1.55. The Labute approximate surface area is 149 Å². The maximum Gasteiger partial charge on any atom is 0.246 e. The van der Waals surface area contributed by atoms with Crippen molar-refractivity contribution in [2.24, 2.45) is 0 Å². The summed E-state index contributed by atoms with van der Waals surface area (Å²) in [5, 5.41) is 0. The number of amides is 1. The lowest BCUT2D eigenvalue weighted by atomic mass is 10.1. The van der Waals surface area contributed by atoms with Crippen molar-refractivity contribution in [2.45, 2.75) is 19.9 Å². The molecular formula is C21H25NO3. The van der Waals surface area contributed by atoms with Crippen molar-refractivity contribution < 1.29 is 14.3 Å². The zero-order chi connectivity index (χ0) is 18.2. The van der Waals surface area contributed by atoms with E-state index in [1.165, 1.54) is 0 Å². The van der Waals surface area contributed by atoms with E-state index in [1.807, 2.05) is 68.5 Å². The van der Waals surface area contributed by atoms with Crippen LogP contribution < -0.4 is 9.47 Å². The van der Waals surface area contributed by atoms with Gasteiger partial charge in [-0.1, -0.05) is 30.3 Å². The van der Waals surface area contributed by atoms with Crippen LogP contribution >= 0.6 is 0 Å². The topological polar surface area (TPSA) is 38.8 Å². The molecule has 2 aromatic carbocycles. The summed E-state index contributed by atoms with van der Waals surface area (Å²) in [7, 11) is 3.43. The van der Waals surface area contributed by atoms with Gasteiger partial charge >= 0.3 is 0 Å². The lowest BCUT2D eigenvalue weighted by Gasteiger charge is -2.25. The van der Waals surface area contributed by atoms with Crippen LogP contribution in [0.1, 0.15) is 31.0 Å². The monoisotopic (exact) mass is 339 g/mol. The third-order valence-corrected chi connectivity index (χ3v) is 4.13. The Hall–Kier alpha value is -2.75. The molecule has 0 spiro atoms. The molecular weight excluding hydrogens is 314 g/mol. The van der Waals surface area contributed by atoms with Gasteiger partial charge in [-0.05, 0) is 43.7 Å². The van der Waals surface area contributed by atoms with E-state index in [0.29, 0.717) is 6.61 Å². The van der Waals surface area contributed by atoms with E-state index in [2.05, 4.69) is 0 Å². The Morgan fingerprint density at radius 1 is 1.16 bits per heavy atom. The Balaban J connectivity index is 2.06. The average molecular weight is 339 g/mol. The minimum Gasteiger partial charge on any atom is -0.496 e. The van der Waals surface area contributed by atoms with Crippen LogP contribution in [0.15, 0.2) is 54.6 Å². The van der Waals surface area contributed by atoms with Crippen LogP contribution in [0.2, 0.25) is 0 Å². The number of benzene rings is 2. The van der Waals surface area contributed by atoms with Crippen LogP contribution in [0.5, 0.6) is 11.5 Å². The summed E-state index contributed by atoms with van der Waals surface area (Å²) in [6.45, 7) is 4.57. The number of nitrogens with zero attached hydrogens (tertiary/aromatic N) is 1. The van der Waals surface area contributed by atoms with Crippen molar-refractivity contribution in [3.8, 4) is 11.5 Å². The van der Waals surface area contributed by atoms with Crippen LogP contribution in [-0.2, 0) is 4.79 Å². The lowest BCUT2D eigenvalue weighted by Crippen LogP contribution is -2.28. The van der Waals surface area contributed by atoms with Gasteiger partial charge < -0.3 is 14.4 Å². The van der Waals surface area contributed by atoms with E-state index in [0.717, 1.165) is 22.6 Å². The molecule has 132 valence electrons. The number of carbonyl (C=O) groups is 1. The van der Waals surface area contributed by atoms with Crippen LogP contribution in [0.4, 0.5) is 0 Å². The third-order valence-electron chi connectivity index (χ3n) is 4.13. The van der Waals surface area contributed by atoms with Crippen molar-refractivity contribution in [3.63, 3.8) is 0 Å². The van der Waals surface area contributed by atoms with Crippen LogP contribution in [0.3, 0.4) is 0 Å². The Bertz CT molecular complexity index is 722. The molecule has 4 heteroatoms. The van der Waals surface area contributed by atoms with Gasteiger partial charge in [-0.25, -0.2) is 0 Å². The number of hydrogen-bond acceptors (Lipinski definition) is 3. The minimum absolute atomic E-state index is 0.0627. The molecule has 0 heterocycles. The van der Waals surface area contributed by atoms with Gasteiger partial charge in [0, 0.05) is 18.7 Å². The number of likely N-dealkylation sites (N-methyl/N-ethyl adjacent to an activating group) is 1. The van der Waals surface area contributed by atoms with E-state index < -0.39 is 0 Å². The van der Waals surface area contributed by atoms with Crippen LogP contribution in [0, 0.1) is 0 Å². The molecule has 0 radical (unpaired) electrons. The van der Waals surface area contributed by atoms with Gasteiger partial charge in [0.25, 0.3) is 0 Å². The molecule has 0 aromatic heterocycles. The Morgan fingerprint density at radius 3 is 2.48 bits per heavy atom. The average Bonchev–Trinajstić information content (AvgIpc) is 2.66. The molecule has 2 rings (SSSR count).